The minimum Gasteiger partial charge on any atom is -0.379 e. The number of aryl methyl sites for hydroxylation is 2. The van der Waals surface area contributed by atoms with Gasteiger partial charge in [-0.15, -0.1) is 0 Å². The second-order valence-corrected chi connectivity index (χ2v) is 7.20. The minimum atomic E-state index is 0.266. The van der Waals surface area contributed by atoms with E-state index >= 15 is 0 Å². The van der Waals surface area contributed by atoms with Crippen LogP contribution in [-0.2, 0) is 16.0 Å². The average molecular weight is 401 g/mol. The van der Waals surface area contributed by atoms with Crippen LogP contribution in [0.2, 0.25) is 0 Å². The number of pyridine rings is 1. The van der Waals surface area contributed by atoms with E-state index in [4.69, 9.17) is 9.47 Å². The highest BCUT2D eigenvalue weighted by atomic mass is 16.5. The Kier molecular flexibility index (Phi) is 8.01. The van der Waals surface area contributed by atoms with Crippen LogP contribution < -0.4 is 10.6 Å². The first kappa shape index (κ1) is 21.3. The van der Waals surface area contributed by atoms with E-state index in [-0.39, 0.29) is 6.10 Å². The summed E-state index contributed by atoms with van der Waals surface area (Å²) in [6.45, 7) is 10.5. The molecule has 3 heterocycles. The van der Waals surface area contributed by atoms with Crippen LogP contribution in [0, 0.1) is 13.8 Å². The lowest BCUT2D eigenvalue weighted by atomic mass is 10.3. The maximum absolute atomic E-state index is 5.79. The van der Waals surface area contributed by atoms with Crippen molar-refractivity contribution in [1.82, 2.24) is 25.4 Å². The lowest BCUT2D eigenvalue weighted by molar-refractivity contribution is 0.0420. The van der Waals surface area contributed by atoms with Gasteiger partial charge in [0.15, 0.2) is 11.8 Å². The molecule has 0 aromatic carbocycles. The largest absolute Gasteiger partial charge is 0.379 e. The standard InChI is InChI=1S/C21H32N6O2/c1-4-22-21(23-9-5-10-29-19-8-11-28-15-19)25-14-18-6-7-20(24-13-18)27-17(3)12-16(2)26-27/h6-7,12-13,19H,4-5,8-11,14-15H2,1-3H3,(H2,22,23,25). The molecule has 0 spiro atoms. The van der Waals surface area contributed by atoms with Crippen molar-refractivity contribution in [2.45, 2.75) is 46.3 Å². The van der Waals surface area contributed by atoms with E-state index in [0.29, 0.717) is 6.54 Å². The van der Waals surface area contributed by atoms with Crippen LogP contribution in [0.4, 0.5) is 0 Å². The molecule has 29 heavy (non-hydrogen) atoms. The summed E-state index contributed by atoms with van der Waals surface area (Å²) in [7, 11) is 0. The fourth-order valence-electron chi connectivity index (χ4n) is 3.18. The smallest absolute Gasteiger partial charge is 0.191 e. The molecule has 2 aromatic rings. The monoisotopic (exact) mass is 400 g/mol. The lowest BCUT2D eigenvalue weighted by Crippen LogP contribution is -2.38. The number of ether oxygens (including phenoxy) is 2. The molecule has 1 atom stereocenters. The maximum Gasteiger partial charge on any atom is 0.191 e. The van der Waals surface area contributed by atoms with Crippen LogP contribution in [0.3, 0.4) is 0 Å². The van der Waals surface area contributed by atoms with Crippen LogP contribution >= 0.6 is 0 Å². The molecule has 1 saturated heterocycles. The Morgan fingerprint density at radius 1 is 1.34 bits per heavy atom. The minimum absolute atomic E-state index is 0.266. The molecule has 8 heteroatoms. The second kappa shape index (κ2) is 10.9. The third-order valence-corrected chi connectivity index (χ3v) is 4.65. The van der Waals surface area contributed by atoms with E-state index in [1.165, 1.54) is 0 Å². The van der Waals surface area contributed by atoms with Crippen LogP contribution in [-0.4, -0.2) is 59.7 Å². The third kappa shape index (κ3) is 6.54. The zero-order valence-electron chi connectivity index (χ0n) is 17.6. The predicted molar refractivity (Wildman–Crippen MR) is 113 cm³/mol. The van der Waals surface area contributed by atoms with Gasteiger partial charge in [-0.1, -0.05) is 6.07 Å². The molecule has 0 aliphatic carbocycles. The first-order chi connectivity index (χ1) is 14.2. The number of aliphatic imine (C=N–C) groups is 1. The number of rotatable bonds is 9. The Bertz CT molecular complexity index is 781. The molecule has 0 saturated carbocycles. The number of hydrogen-bond acceptors (Lipinski definition) is 5. The molecule has 158 valence electrons. The van der Waals surface area contributed by atoms with Gasteiger partial charge in [0.2, 0.25) is 0 Å². The van der Waals surface area contributed by atoms with Crippen LogP contribution in [0.1, 0.15) is 36.7 Å². The molecule has 2 N–H and O–H groups in total. The number of nitrogens with zero attached hydrogens (tertiary/aromatic N) is 4. The van der Waals surface area contributed by atoms with Crippen molar-refractivity contribution in [3.8, 4) is 5.82 Å². The molecule has 0 amide bonds. The van der Waals surface area contributed by atoms with E-state index in [2.05, 4.69) is 32.6 Å². The summed E-state index contributed by atoms with van der Waals surface area (Å²) in [4.78, 5) is 9.19. The van der Waals surface area contributed by atoms with Gasteiger partial charge in [0.1, 0.15) is 0 Å². The molecule has 0 bridgehead atoms. The summed E-state index contributed by atoms with van der Waals surface area (Å²) in [6.07, 6.45) is 4.06. The van der Waals surface area contributed by atoms with Gasteiger partial charge in [-0.05, 0) is 51.3 Å². The molecular weight excluding hydrogens is 368 g/mol. The Balaban J connectivity index is 1.46. The number of guanidine groups is 1. The van der Waals surface area contributed by atoms with Crippen molar-refractivity contribution in [3.05, 3.63) is 41.3 Å². The molecule has 1 aliphatic rings. The summed E-state index contributed by atoms with van der Waals surface area (Å²) >= 11 is 0. The summed E-state index contributed by atoms with van der Waals surface area (Å²) in [5.74, 6) is 1.63. The van der Waals surface area contributed by atoms with Crippen molar-refractivity contribution < 1.29 is 9.47 Å². The number of hydrogen-bond donors (Lipinski definition) is 2. The average Bonchev–Trinajstić information content (AvgIpc) is 3.35. The van der Waals surface area contributed by atoms with Gasteiger partial charge in [-0.25, -0.2) is 14.7 Å². The fraction of sp³-hybridized carbons (Fsp3) is 0.571. The normalized spacial score (nSPS) is 16.9. The summed E-state index contributed by atoms with van der Waals surface area (Å²) in [5.41, 5.74) is 3.11. The van der Waals surface area contributed by atoms with E-state index in [1.54, 1.807) is 0 Å². The van der Waals surface area contributed by atoms with E-state index in [1.807, 2.05) is 42.9 Å². The zero-order chi connectivity index (χ0) is 20.5. The summed E-state index contributed by atoms with van der Waals surface area (Å²) in [5, 5.41) is 11.1. The first-order valence-corrected chi connectivity index (χ1v) is 10.4. The molecule has 1 unspecified atom stereocenters. The highest BCUT2D eigenvalue weighted by Gasteiger charge is 2.15. The van der Waals surface area contributed by atoms with E-state index in [9.17, 15) is 0 Å². The van der Waals surface area contributed by atoms with E-state index in [0.717, 1.165) is 74.5 Å². The van der Waals surface area contributed by atoms with Gasteiger partial charge >= 0.3 is 0 Å². The summed E-state index contributed by atoms with van der Waals surface area (Å²) < 4.78 is 13.0. The third-order valence-electron chi connectivity index (χ3n) is 4.65. The Morgan fingerprint density at radius 2 is 2.24 bits per heavy atom. The van der Waals surface area contributed by atoms with Gasteiger partial charge in [0.05, 0.1) is 24.9 Å². The van der Waals surface area contributed by atoms with Gasteiger partial charge in [-0.2, -0.15) is 5.10 Å². The molecule has 0 radical (unpaired) electrons. The van der Waals surface area contributed by atoms with Crippen molar-refractivity contribution in [2.24, 2.45) is 4.99 Å². The quantitative estimate of drug-likeness (QED) is 0.381. The number of nitrogens with one attached hydrogen (secondary N) is 2. The molecule has 2 aromatic heterocycles. The topological polar surface area (TPSA) is 85.6 Å². The Hall–Kier alpha value is -2.45. The Labute approximate surface area is 172 Å². The van der Waals surface area contributed by atoms with Crippen LogP contribution in [0.5, 0.6) is 0 Å². The number of aromatic nitrogens is 3. The first-order valence-electron chi connectivity index (χ1n) is 10.4. The highest BCUT2D eigenvalue weighted by molar-refractivity contribution is 5.79. The van der Waals surface area contributed by atoms with Crippen molar-refractivity contribution >= 4 is 5.96 Å². The predicted octanol–water partition coefficient (Wildman–Crippen LogP) is 2.13. The molecular formula is C21H32N6O2. The molecule has 3 rings (SSSR count). The van der Waals surface area contributed by atoms with Crippen molar-refractivity contribution in [3.63, 3.8) is 0 Å². The van der Waals surface area contributed by atoms with Gasteiger partial charge < -0.3 is 20.1 Å². The van der Waals surface area contributed by atoms with Crippen LogP contribution in [0.15, 0.2) is 29.4 Å². The SMILES string of the molecule is CCNC(=NCc1ccc(-n2nc(C)cc2C)nc1)NCCCOC1CCOC1. The second-order valence-electron chi connectivity index (χ2n) is 7.20. The van der Waals surface area contributed by atoms with Crippen molar-refractivity contribution in [1.29, 1.82) is 0 Å². The Morgan fingerprint density at radius 3 is 2.90 bits per heavy atom. The maximum atomic E-state index is 5.79. The molecule has 8 nitrogen and oxygen atoms in total. The van der Waals surface area contributed by atoms with E-state index < -0.39 is 0 Å². The van der Waals surface area contributed by atoms with Crippen LogP contribution in [0.25, 0.3) is 5.82 Å². The van der Waals surface area contributed by atoms with Gasteiger partial charge in [0.25, 0.3) is 0 Å². The lowest BCUT2D eigenvalue weighted by Gasteiger charge is -2.13. The summed E-state index contributed by atoms with van der Waals surface area (Å²) in [6, 6.07) is 6.07. The van der Waals surface area contributed by atoms with Gasteiger partial charge in [-0.3, -0.25) is 0 Å². The zero-order valence-corrected chi connectivity index (χ0v) is 17.6. The highest BCUT2D eigenvalue weighted by Crippen LogP contribution is 2.11. The molecule has 1 aliphatic heterocycles. The fourth-order valence-corrected chi connectivity index (χ4v) is 3.18. The molecule has 1 fully saturated rings. The van der Waals surface area contributed by atoms with Crippen molar-refractivity contribution in [2.75, 3.05) is 32.9 Å². The van der Waals surface area contributed by atoms with Gasteiger partial charge in [0, 0.05) is 38.2 Å².